The van der Waals surface area contributed by atoms with E-state index in [-0.39, 0.29) is 5.92 Å². The number of rotatable bonds is 2. The van der Waals surface area contributed by atoms with Crippen LogP contribution in [0.15, 0.2) is 48.5 Å². The van der Waals surface area contributed by atoms with Gasteiger partial charge in [-0.05, 0) is 24.1 Å². The standard InChI is InChI=1S/C15H14N2/c1-11-5-4-6-12(9-11)14(10-16)13-7-2-3-8-15(13)17/h2-9,14H,17H2,1H3. The Morgan fingerprint density at radius 2 is 1.88 bits per heavy atom. The van der Waals surface area contributed by atoms with Crippen LogP contribution in [0.25, 0.3) is 0 Å². The average Bonchev–Trinajstić information content (AvgIpc) is 2.33. The highest BCUT2D eigenvalue weighted by atomic mass is 14.6. The van der Waals surface area contributed by atoms with Crippen molar-refractivity contribution in [2.45, 2.75) is 12.8 Å². The minimum Gasteiger partial charge on any atom is -0.398 e. The van der Waals surface area contributed by atoms with Gasteiger partial charge in [-0.3, -0.25) is 0 Å². The van der Waals surface area contributed by atoms with Crippen LogP contribution in [0.5, 0.6) is 0 Å². The van der Waals surface area contributed by atoms with E-state index < -0.39 is 0 Å². The third kappa shape index (κ3) is 2.29. The highest BCUT2D eigenvalue weighted by molar-refractivity contribution is 5.54. The number of benzene rings is 2. The summed E-state index contributed by atoms with van der Waals surface area (Å²) in [5, 5.41) is 9.34. The number of nitrogens with zero attached hydrogens (tertiary/aromatic N) is 1. The quantitative estimate of drug-likeness (QED) is 0.793. The highest BCUT2D eigenvalue weighted by Crippen LogP contribution is 2.28. The first-order chi connectivity index (χ1) is 8.22. The summed E-state index contributed by atoms with van der Waals surface area (Å²) >= 11 is 0. The Balaban J connectivity index is 2.49. The SMILES string of the molecule is Cc1cccc(C(C#N)c2ccccc2N)c1. The van der Waals surface area contributed by atoms with Crippen LogP contribution in [0.4, 0.5) is 5.69 Å². The van der Waals surface area contributed by atoms with Crippen LogP contribution in [-0.4, -0.2) is 0 Å². The highest BCUT2D eigenvalue weighted by Gasteiger charge is 2.15. The molecule has 2 aromatic rings. The van der Waals surface area contributed by atoms with Gasteiger partial charge in [0, 0.05) is 5.69 Å². The number of hydrogen-bond donors (Lipinski definition) is 1. The number of anilines is 1. The maximum Gasteiger partial charge on any atom is 0.0982 e. The second-order valence-electron chi connectivity index (χ2n) is 4.11. The van der Waals surface area contributed by atoms with Gasteiger partial charge in [-0.1, -0.05) is 48.0 Å². The van der Waals surface area contributed by atoms with Crippen LogP contribution in [0.3, 0.4) is 0 Å². The summed E-state index contributed by atoms with van der Waals surface area (Å²) in [6.45, 7) is 2.02. The van der Waals surface area contributed by atoms with Gasteiger partial charge in [0.2, 0.25) is 0 Å². The molecule has 0 fully saturated rings. The van der Waals surface area contributed by atoms with Crippen LogP contribution in [0, 0.1) is 18.3 Å². The van der Waals surface area contributed by atoms with Crippen molar-refractivity contribution in [3.05, 3.63) is 65.2 Å². The zero-order valence-corrected chi connectivity index (χ0v) is 9.72. The molecule has 0 radical (unpaired) electrons. The molecule has 0 saturated carbocycles. The van der Waals surface area contributed by atoms with Gasteiger partial charge in [0.25, 0.3) is 0 Å². The largest absolute Gasteiger partial charge is 0.398 e. The topological polar surface area (TPSA) is 49.8 Å². The van der Waals surface area contributed by atoms with Gasteiger partial charge in [0.05, 0.1) is 12.0 Å². The second kappa shape index (κ2) is 4.71. The summed E-state index contributed by atoms with van der Waals surface area (Å²) < 4.78 is 0. The van der Waals surface area contributed by atoms with Crippen LogP contribution in [-0.2, 0) is 0 Å². The molecular formula is C15H14N2. The summed E-state index contributed by atoms with van der Waals surface area (Å²) in [5.41, 5.74) is 9.61. The van der Waals surface area contributed by atoms with Crippen LogP contribution in [0.2, 0.25) is 0 Å². The Morgan fingerprint density at radius 3 is 2.53 bits per heavy atom. The van der Waals surface area contributed by atoms with E-state index in [1.165, 1.54) is 0 Å². The molecule has 2 rings (SSSR count). The van der Waals surface area contributed by atoms with Crippen molar-refractivity contribution in [3.63, 3.8) is 0 Å². The molecule has 0 aliphatic carbocycles. The fraction of sp³-hybridized carbons (Fsp3) is 0.133. The first kappa shape index (κ1) is 11.2. The van der Waals surface area contributed by atoms with Crippen molar-refractivity contribution in [1.82, 2.24) is 0 Å². The van der Waals surface area contributed by atoms with E-state index in [1.54, 1.807) is 0 Å². The van der Waals surface area contributed by atoms with Gasteiger partial charge in [-0.25, -0.2) is 0 Å². The normalized spacial score (nSPS) is 11.8. The Bertz CT molecular complexity index is 567. The smallest absolute Gasteiger partial charge is 0.0982 e. The summed E-state index contributed by atoms with van der Waals surface area (Å²) in [5.74, 6) is -0.295. The Hall–Kier alpha value is -2.27. The molecule has 0 saturated heterocycles. The van der Waals surface area contributed by atoms with E-state index in [4.69, 9.17) is 5.73 Å². The molecule has 0 bridgehead atoms. The number of aryl methyl sites for hydroxylation is 1. The molecule has 1 unspecified atom stereocenters. The van der Waals surface area contributed by atoms with E-state index in [9.17, 15) is 5.26 Å². The van der Waals surface area contributed by atoms with Gasteiger partial charge < -0.3 is 5.73 Å². The van der Waals surface area contributed by atoms with E-state index >= 15 is 0 Å². The van der Waals surface area contributed by atoms with Crippen molar-refractivity contribution < 1.29 is 0 Å². The molecule has 0 heterocycles. The molecule has 0 spiro atoms. The van der Waals surface area contributed by atoms with Crippen LogP contribution >= 0.6 is 0 Å². The molecule has 0 aliphatic rings. The Labute approximate surface area is 101 Å². The van der Waals surface area contributed by atoms with E-state index in [0.29, 0.717) is 5.69 Å². The van der Waals surface area contributed by atoms with Crippen molar-refractivity contribution in [3.8, 4) is 6.07 Å². The summed E-state index contributed by atoms with van der Waals surface area (Å²) in [7, 11) is 0. The summed E-state index contributed by atoms with van der Waals surface area (Å²) in [4.78, 5) is 0. The van der Waals surface area contributed by atoms with E-state index in [0.717, 1.165) is 16.7 Å². The molecular weight excluding hydrogens is 208 g/mol. The minimum absolute atomic E-state index is 0.295. The zero-order valence-electron chi connectivity index (χ0n) is 9.72. The molecule has 2 N–H and O–H groups in total. The molecule has 2 aromatic carbocycles. The molecule has 0 aliphatic heterocycles. The van der Waals surface area contributed by atoms with Gasteiger partial charge in [-0.2, -0.15) is 5.26 Å². The number of nitriles is 1. The first-order valence-electron chi connectivity index (χ1n) is 5.53. The lowest BCUT2D eigenvalue weighted by molar-refractivity contribution is 1.04. The first-order valence-corrected chi connectivity index (χ1v) is 5.53. The fourth-order valence-electron chi connectivity index (χ4n) is 1.95. The third-order valence-electron chi connectivity index (χ3n) is 2.81. The number of para-hydroxylation sites is 1. The van der Waals surface area contributed by atoms with Gasteiger partial charge in [0.15, 0.2) is 0 Å². The maximum atomic E-state index is 9.34. The molecule has 17 heavy (non-hydrogen) atoms. The molecule has 0 aromatic heterocycles. The van der Waals surface area contributed by atoms with Crippen molar-refractivity contribution >= 4 is 5.69 Å². The monoisotopic (exact) mass is 222 g/mol. The van der Waals surface area contributed by atoms with Crippen molar-refractivity contribution in [2.24, 2.45) is 0 Å². The molecule has 2 nitrogen and oxygen atoms in total. The number of nitrogen functional groups attached to an aromatic ring is 1. The minimum atomic E-state index is -0.295. The lowest BCUT2D eigenvalue weighted by atomic mass is 9.91. The average molecular weight is 222 g/mol. The maximum absolute atomic E-state index is 9.34. The van der Waals surface area contributed by atoms with Crippen LogP contribution in [0.1, 0.15) is 22.6 Å². The molecule has 0 amide bonds. The van der Waals surface area contributed by atoms with Gasteiger partial charge >= 0.3 is 0 Å². The third-order valence-corrected chi connectivity index (χ3v) is 2.81. The Morgan fingerprint density at radius 1 is 1.12 bits per heavy atom. The summed E-state index contributed by atoms with van der Waals surface area (Å²) in [6, 6.07) is 17.8. The van der Waals surface area contributed by atoms with E-state index in [1.807, 2.05) is 55.5 Å². The Kier molecular flexibility index (Phi) is 3.11. The molecule has 84 valence electrons. The second-order valence-corrected chi connectivity index (χ2v) is 4.11. The van der Waals surface area contributed by atoms with Gasteiger partial charge in [-0.15, -0.1) is 0 Å². The molecule has 2 heteroatoms. The number of hydrogen-bond acceptors (Lipinski definition) is 2. The van der Waals surface area contributed by atoms with Crippen molar-refractivity contribution in [2.75, 3.05) is 5.73 Å². The van der Waals surface area contributed by atoms with Crippen molar-refractivity contribution in [1.29, 1.82) is 5.26 Å². The van der Waals surface area contributed by atoms with E-state index in [2.05, 4.69) is 6.07 Å². The predicted molar refractivity (Wildman–Crippen MR) is 69.5 cm³/mol. The lowest BCUT2D eigenvalue weighted by Crippen LogP contribution is -2.02. The molecule has 1 atom stereocenters. The van der Waals surface area contributed by atoms with Gasteiger partial charge in [0.1, 0.15) is 0 Å². The lowest BCUT2D eigenvalue weighted by Gasteiger charge is -2.12. The fourth-order valence-corrected chi connectivity index (χ4v) is 1.95. The number of nitrogens with two attached hydrogens (primary N) is 1. The van der Waals surface area contributed by atoms with Crippen LogP contribution < -0.4 is 5.73 Å². The summed E-state index contributed by atoms with van der Waals surface area (Å²) in [6.07, 6.45) is 0. The zero-order chi connectivity index (χ0) is 12.3. The predicted octanol–water partition coefficient (Wildman–Crippen LogP) is 3.23.